The first kappa shape index (κ1) is 77.4. The van der Waals surface area contributed by atoms with E-state index in [1.807, 2.05) is 32.0 Å². The van der Waals surface area contributed by atoms with E-state index in [0.29, 0.717) is 35.1 Å². The molecule has 88 heavy (non-hydrogen) atoms. The molecular weight excluding hydrogens is 1070 g/mol. The van der Waals surface area contributed by atoms with E-state index in [9.17, 15) is 10.2 Å². The van der Waals surface area contributed by atoms with E-state index in [-0.39, 0.29) is 24.0 Å². The number of hydrogen-bond donors (Lipinski definition) is 2. The molecule has 2 heterocycles. The Kier molecular flexibility index (Phi) is 35.9. The Hall–Kier alpha value is -4.84. The van der Waals surface area contributed by atoms with Crippen LogP contribution < -0.4 is 0 Å². The highest BCUT2D eigenvalue weighted by Crippen LogP contribution is 2.41. The number of aliphatic hydroxyl groups excluding tert-OH is 2. The number of aryl methyl sites for hydroxylation is 2. The number of benzene rings is 6. The third-order valence-corrected chi connectivity index (χ3v) is 18.5. The number of nitrogens with zero attached hydrogens (tertiary/aromatic N) is 2. The molecule has 2 fully saturated rings. The van der Waals surface area contributed by atoms with Gasteiger partial charge < -0.3 is 20.0 Å². The Balaban J connectivity index is 0.000000277. The predicted octanol–water partition coefficient (Wildman–Crippen LogP) is 22.0. The Morgan fingerprint density at radius 3 is 1.22 bits per heavy atom. The van der Waals surface area contributed by atoms with Crippen molar-refractivity contribution in [3.05, 3.63) is 215 Å². The molecule has 0 saturated carbocycles. The molecule has 4 nitrogen and oxygen atoms in total. The second-order valence-corrected chi connectivity index (χ2v) is 29.6. The predicted molar refractivity (Wildman–Crippen MR) is 387 cm³/mol. The summed E-state index contributed by atoms with van der Waals surface area (Å²) in [7, 11) is 0. The molecule has 488 valence electrons. The summed E-state index contributed by atoms with van der Waals surface area (Å²) in [4.78, 5) is 5.27. The van der Waals surface area contributed by atoms with Gasteiger partial charge in [0.2, 0.25) is 0 Å². The lowest BCUT2D eigenvalue weighted by Crippen LogP contribution is -2.28. The Labute approximate surface area is 542 Å². The lowest BCUT2D eigenvalue weighted by Gasteiger charge is -2.34. The maximum absolute atomic E-state index is 9.71. The van der Waals surface area contributed by atoms with Crippen molar-refractivity contribution >= 4 is 0 Å². The van der Waals surface area contributed by atoms with Crippen LogP contribution in [-0.2, 0) is 6.42 Å². The van der Waals surface area contributed by atoms with Crippen LogP contribution in [0.2, 0.25) is 0 Å². The van der Waals surface area contributed by atoms with Gasteiger partial charge in [-0.15, -0.1) is 0 Å². The first-order valence-corrected chi connectivity index (χ1v) is 34.8. The van der Waals surface area contributed by atoms with Crippen LogP contribution >= 0.6 is 0 Å². The smallest absolute Gasteiger partial charge is 0.0583 e. The molecule has 0 radical (unpaired) electrons. The second-order valence-electron chi connectivity index (χ2n) is 29.6. The standard InChI is InChI=1S/2C16H25N.C14H22.C13H20O.C13H20.C12H18O/c1-12(2)15-10-17(13(3)4)11-16(15)14-8-6-5-7-9-14;1-4-10-17-11-15(13(2)3)16(12-17)14-8-6-5-7-9-14;1-11(2)13(14(3,4)5)12-9-7-6-8-10-12;1-9(2)13(11(4)14)12-7-5-10(3)6-8-12;1-12(2)8-6-7-11-13-9-4-3-5-10-13;1-9(2)12(10(3)13)11-7-5-4-6-8-11/h5-9,12-13,15-16H,10-11H2,1-4H3;5-9,13,15-16H,4,10-12H2,1-3H3;6-11,13H,1-5H3;5-9,11,13-14H,1-4H3;3-5,9-10,12H,6-8,11H2,1-2H3;4-10,12-13H,1-3H3. The van der Waals surface area contributed by atoms with Gasteiger partial charge in [-0.05, 0) is 152 Å². The van der Waals surface area contributed by atoms with Gasteiger partial charge in [0.25, 0.3) is 0 Å². The van der Waals surface area contributed by atoms with Gasteiger partial charge in [0.15, 0.2) is 0 Å². The molecule has 6 aromatic rings. The summed E-state index contributed by atoms with van der Waals surface area (Å²) in [5.41, 5.74) is 10.1. The molecule has 4 heteroatoms. The number of aliphatic hydroxyl groups is 2. The van der Waals surface area contributed by atoms with Crippen molar-refractivity contribution in [3.63, 3.8) is 0 Å². The summed E-state index contributed by atoms with van der Waals surface area (Å²) in [6.07, 6.45) is 6.03. The summed E-state index contributed by atoms with van der Waals surface area (Å²) in [5, 5.41) is 19.3. The van der Waals surface area contributed by atoms with Crippen LogP contribution in [0.1, 0.15) is 233 Å². The Morgan fingerprint density at radius 2 is 0.841 bits per heavy atom. The zero-order valence-electron chi connectivity index (χ0n) is 59.8. The van der Waals surface area contributed by atoms with Crippen LogP contribution in [0.4, 0.5) is 0 Å². The van der Waals surface area contributed by atoms with Gasteiger partial charge in [-0.2, -0.15) is 0 Å². The minimum Gasteiger partial charge on any atom is -0.393 e. The summed E-state index contributed by atoms with van der Waals surface area (Å²) < 4.78 is 0. The molecule has 2 saturated heterocycles. The van der Waals surface area contributed by atoms with Crippen LogP contribution in [0.25, 0.3) is 0 Å². The van der Waals surface area contributed by atoms with Gasteiger partial charge in [0.05, 0.1) is 12.2 Å². The van der Waals surface area contributed by atoms with Crippen LogP contribution in [0, 0.1) is 59.7 Å². The molecule has 2 aliphatic heterocycles. The maximum Gasteiger partial charge on any atom is 0.0583 e. The lowest BCUT2D eigenvalue weighted by molar-refractivity contribution is 0.139. The average molecular weight is 1200 g/mol. The average Bonchev–Trinajstić information content (AvgIpc) is 4.03. The molecule has 0 amide bonds. The zero-order valence-corrected chi connectivity index (χ0v) is 59.8. The van der Waals surface area contributed by atoms with E-state index in [1.54, 1.807) is 0 Å². The van der Waals surface area contributed by atoms with Crippen molar-refractivity contribution in [1.29, 1.82) is 0 Å². The Morgan fingerprint density at radius 1 is 0.443 bits per heavy atom. The van der Waals surface area contributed by atoms with E-state index in [2.05, 4.69) is 299 Å². The first-order chi connectivity index (χ1) is 41.7. The highest BCUT2D eigenvalue weighted by Gasteiger charge is 2.37. The largest absolute Gasteiger partial charge is 0.393 e. The van der Waals surface area contributed by atoms with Gasteiger partial charge in [0.1, 0.15) is 0 Å². The van der Waals surface area contributed by atoms with Crippen molar-refractivity contribution in [2.45, 2.75) is 225 Å². The number of likely N-dealkylation sites (tertiary alicyclic amines) is 2. The van der Waals surface area contributed by atoms with Gasteiger partial charge in [-0.1, -0.05) is 305 Å². The van der Waals surface area contributed by atoms with Crippen molar-refractivity contribution in [3.8, 4) is 0 Å². The molecule has 9 atom stereocenters. The van der Waals surface area contributed by atoms with Crippen molar-refractivity contribution < 1.29 is 10.2 Å². The van der Waals surface area contributed by atoms with E-state index in [0.717, 1.165) is 41.4 Å². The van der Waals surface area contributed by atoms with Gasteiger partial charge in [-0.3, -0.25) is 0 Å². The quantitative estimate of drug-likeness (QED) is 0.0748. The van der Waals surface area contributed by atoms with Crippen molar-refractivity contribution in [2.24, 2.45) is 52.8 Å². The van der Waals surface area contributed by atoms with Crippen molar-refractivity contribution in [1.82, 2.24) is 9.80 Å². The molecule has 0 bridgehead atoms. The summed E-state index contributed by atoms with van der Waals surface area (Å²) in [6, 6.07) is 63.1. The summed E-state index contributed by atoms with van der Waals surface area (Å²) >= 11 is 0. The van der Waals surface area contributed by atoms with E-state index in [4.69, 9.17) is 0 Å². The van der Waals surface area contributed by atoms with Crippen LogP contribution in [0.15, 0.2) is 176 Å². The van der Waals surface area contributed by atoms with Crippen LogP contribution in [0.5, 0.6) is 0 Å². The first-order valence-electron chi connectivity index (χ1n) is 34.8. The fourth-order valence-electron chi connectivity index (χ4n) is 14.1. The molecule has 0 aliphatic carbocycles. The highest BCUT2D eigenvalue weighted by molar-refractivity contribution is 5.27. The van der Waals surface area contributed by atoms with E-state index >= 15 is 0 Å². The minimum atomic E-state index is -0.280. The van der Waals surface area contributed by atoms with Gasteiger partial charge >= 0.3 is 0 Å². The monoisotopic (exact) mass is 1200 g/mol. The third kappa shape index (κ3) is 27.7. The van der Waals surface area contributed by atoms with Crippen LogP contribution in [-0.4, -0.2) is 71.0 Å². The minimum absolute atomic E-state index is 0.246. The maximum atomic E-state index is 9.71. The van der Waals surface area contributed by atoms with E-state index < -0.39 is 0 Å². The molecule has 0 spiro atoms. The molecule has 2 aliphatic rings. The molecular formula is C84H130N2O2. The third-order valence-electron chi connectivity index (χ3n) is 18.5. The highest BCUT2D eigenvalue weighted by atomic mass is 16.3. The zero-order chi connectivity index (χ0) is 65.5. The number of unbranched alkanes of at least 4 members (excludes halogenated alkanes) is 1. The SMILES string of the molecule is CC(C)C(c1ccccc1)C(C)(C)C.CC(C)C(c1ccccc1)C(C)O.CC(C)C1CN(C(C)C)CC1c1ccccc1.CC(C)CCCCc1ccccc1.CCCN1CC(c2ccccc2)C(C(C)C)C1.Cc1ccc(C(C(C)C)C(C)O)cc1. The molecule has 0 aromatic heterocycles. The molecule has 8 rings (SSSR count). The van der Waals surface area contributed by atoms with Crippen molar-refractivity contribution in [2.75, 3.05) is 32.7 Å². The van der Waals surface area contributed by atoms with Gasteiger partial charge in [-0.25, -0.2) is 0 Å². The van der Waals surface area contributed by atoms with Crippen LogP contribution in [0.3, 0.4) is 0 Å². The fraction of sp³-hybridized carbons (Fsp3) is 0.571. The fourth-order valence-corrected chi connectivity index (χ4v) is 14.1. The molecule has 9 unspecified atom stereocenters. The van der Waals surface area contributed by atoms with E-state index in [1.165, 1.54) is 104 Å². The summed E-state index contributed by atoms with van der Waals surface area (Å²) in [5.74, 6) is 8.27. The van der Waals surface area contributed by atoms with Gasteiger partial charge in [0, 0.05) is 55.9 Å². The topological polar surface area (TPSA) is 46.9 Å². The normalized spacial score (nSPS) is 18.7. The molecule has 2 N–H and O–H groups in total. The second kappa shape index (κ2) is 40.8. The summed E-state index contributed by atoms with van der Waals surface area (Å²) in [6.45, 7) is 53.2. The number of rotatable bonds is 20. The Bertz CT molecular complexity index is 2600. The lowest BCUT2D eigenvalue weighted by atomic mass is 9.71. The molecule has 6 aromatic carbocycles. The number of hydrogen-bond acceptors (Lipinski definition) is 4.